The first-order chi connectivity index (χ1) is 12.2. The van der Waals surface area contributed by atoms with E-state index in [9.17, 15) is 0 Å². The Morgan fingerprint density at radius 2 is 2.08 bits per heavy atom. The lowest BCUT2D eigenvalue weighted by atomic mass is 10.00. The Morgan fingerprint density at radius 1 is 1.20 bits per heavy atom. The van der Waals surface area contributed by atoms with Crippen LogP contribution in [0.4, 0.5) is 0 Å². The van der Waals surface area contributed by atoms with Gasteiger partial charge in [-0.05, 0) is 67.6 Å². The summed E-state index contributed by atoms with van der Waals surface area (Å²) in [4.78, 5) is 7.11. The summed E-state index contributed by atoms with van der Waals surface area (Å²) in [7, 11) is 1.74. The number of fused-ring (bicyclic) bond motifs is 2. The van der Waals surface area contributed by atoms with E-state index >= 15 is 0 Å². The number of aromatic nitrogens is 1. The number of thiazole rings is 1. The summed E-state index contributed by atoms with van der Waals surface area (Å²) in [6.07, 6.45) is 2.16. The minimum Gasteiger partial charge on any atom is -0.497 e. The van der Waals surface area contributed by atoms with Crippen LogP contribution in [-0.2, 0) is 12.8 Å². The molecule has 0 amide bonds. The highest BCUT2D eigenvalue weighted by molar-refractivity contribution is 7.16. The third-order valence-corrected chi connectivity index (χ3v) is 6.28. The molecule has 2 atom stereocenters. The van der Waals surface area contributed by atoms with Gasteiger partial charge in [-0.1, -0.05) is 12.1 Å². The molecule has 0 aliphatic carbocycles. The molecule has 2 aromatic carbocycles. The number of ether oxygens (including phenoxy) is 1. The van der Waals surface area contributed by atoms with Gasteiger partial charge in [0.15, 0.2) is 0 Å². The monoisotopic (exact) mass is 352 g/mol. The van der Waals surface area contributed by atoms with E-state index in [1.54, 1.807) is 18.4 Å². The molecule has 3 aromatic rings. The standard InChI is InChI=1S/C21H24N2OS/c1-14-10-18-11-19(24-3)6-4-16(18)8-9-23(14)15(2)17-5-7-21-20(12-17)22-13-25-21/h4-7,11-15H,8-10H2,1-3H3/t14-,15+/m0/s1. The van der Waals surface area contributed by atoms with Crippen molar-refractivity contribution >= 4 is 21.6 Å². The van der Waals surface area contributed by atoms with Crippen molar-refractivity contribution in [3.05, 3.63) is 58.6 Å². The molecular weight excluding hydrogens is 328 g/mol. The summed E-state index contributed by atoms with van der Waals surface area (Å²) in [5, 5.41) is 0. The number of rotatable bonds is 3. The molecule has 1 aliphatic heterocycles. The zero-order valence-electron chi connectivity index (χ0n) is 15.0. The maximum Gasteiger partial charge on any atom is 0.119 e. The lowest BCUT2D eigenvalue weighted by Crippen LogP contribution is -2.36. The zero-order valence-corrected chi connectivity index (χ0v) is 15.8. The van der Waals surface area contributed by atoms with E-state index in [2.05, 4.69) is 60.1 Å². The van der Waals surface area contributed by atoms with E-state index < -0.39 is 0 Å². The lowest BCUT2D eigenvalue weighted by Gasteiger charge is -2.33. The second-order valence-corrected chi connectivity index (χ2v) is 7.82. The summed E-state index contributed by atoms with van der Waals surface area (Å²) in [5.74, 6) is 0.960. The normalized spacial score (nSPS) is 19.4. The average molecular weight is 353 g/mol. The molecule has 3 nitrogen and oxygen atoms in total. The second kappa shape index (κ2) is 6.77. The van der Waals surface area contributed by atoms with E-state index in [-0.39, 0.29) is 0 Å². The fourth-order valence-electron chi connectivity index (χ4n) is 3.97. The molecule has 130 valence electrons. The largest absolute Gasteiger partial charge is 0.497 e. The predicted octanol–water partition coefficient (Wildman–Crippen LogP) is 4.86. The fraction of sp³-hybridized carbons (Fsp3) is 0.381. The predicted molar refractivity (Wildman–Crippen MR) is 105 cm³/mol. The zero-order chi connectivity index (χ0) is 17.4. The molecule has 2 heterocycles. The first-order valence-corrected chi connectivity index (χ1v) is 9.78. The smallest absolute Gasteiger partial charge is 0.119 e. The van der Waals surface area contributed by atoms with Crippen LogP contribution in [0.2, 0.25) is 0 Å². The van der Waals surface area contributed by atoms with Crippen LogP contribution in [0.25, 0.3) is 10.2 Å². The fourth-order valence-corrected chi connectivity index (χ4v) is 4.63. The van der Waals surface area contributed by atoms with Gasteiger partial charge in [-0.25, -0.2) is 4.98 Å². The Hall–Kier alpha value is -1.91. The van der Waals surface area contributed by atoms with E-state index in [4.69, 9.17) is 4.74 Å². The first-order valence-electron chi connectivity index (χ1n) is 8.90. The SMILES string of the molecule is COc1ccc2c(c1)C[C@H](C)N([C@H](C)c1ccc3scnc3c1)CC2. The van der Waals surface area contributed by atoms with E-state index in [0.717, 1.165) is 30.7 Å². The Bertz CT molecular complexity index is 888. The summed E-state index contributed by atoms with van der Waals surface area (Å²) in [6.45, 7) is 5.74. The van der Waals surface area contributed by atoms with Gasteiger partial charge >= 0.3 is 0 Å². The Labute approximate surface area is 153 Å². The minimum absolute atomic E-state index is 0.386. The Morgan fingerprint density at radius 3 is 2.92 bits per heavy atom. The summed E-state index contributed by atoms with van der Waals surface area (Å²) in [5.41, 5.74) is 7.28. The van der Waals surface area contributed by atoms with Crippen molar-refractivity contribution in [3.8, 4) is 5.75 Å². The van der Waals surface area contributed by atoms with Crippen LogP contribution < -0.4 is 4.74 Å². The quantitative estimate of drug-likeness (QED) is 0.673. The van der Waals surface area contributed by atoms with Gasteiger partial charge < -0.3 is 4.74 Å². The topological polar surface area (TPSA) is 25.4 Å². The Kier molecular flexibility index (Phi) is 4.48. The summed E-state index contributed by atoms with van der Waals surface area (Å²) < 4.78 is 6.68. The molecule has 4 heteroatoms. The first kappa shape index (κ1) is 16.6. The molecule has 0 fully saturated rings. The molecule has 25 heavy (non-hydrogen) atoms. The van der Waals surface area contributed by atoms with Crippen LogP contribution in [0.3, 0.4) is 0 Å². The molecule has 0 N–H and O–H groups in total. The van der Waals surface area contributed by atoms with Gasteiger partial charge in [-0.2, -0.15) is 0 Å². The lowest BCUT2D eigenvalue weighted by molar-refractivity contribution is 0.160. The minimum atomic E-state index is 0.386. The van der Waals surface area contributed by atoms with Crippen LogP contribution in [0.15, 0.2) is 41.9 Å². The molecule has 4 rings (SSSR count). The van der Waals surface area contributed by atoms with Gasteiger partial charge in [0.1, 0.15) is 5.75 Å². The third-order valence-electron chi connectivity index (χ3n) is 5.47. The van der Waals surface area contributed by atoms with Gasteiger partial charge in [0.25, 0.3) is 0 Å². The molecule has 0 saturated heterocycles. The van der Waals surface area contributed by atoms with Gasteiger partial charge in [0.2, 0.25) is 0 Å². The average Bonchev–Trinajstić information content (AvgIpc) is 3.03. The van der Waals surface area contributed by atoms with Crippen molar-refractivity contribution in [1.82, 2.24) is 9.88 Å². The van der Waals surface area contributed by atoms with E-state index in [0.29, 0.717) is 12.1 Å². The van der Waals surface area contributed by atoms with Gasteiger partial charge in [0.05, 0.1) is 22.8 Å². The van der Waals surface area contributed by atoms with Gasteiger partial charge in [0, 0.05) is 18.6 Å². The maximum atomic E-state index is 5.41. The van der Waals surface area contributed by atoms with Crippen LogP contribution in [0, 0.1) is 0 Å². The molecule has 0 unspecified atom stereocenters. The van der Waals surface area contributed by atoms with Crippen molar-refractivity contribution in [1.29, 1.82) is 0 Å². The Balaban J connectivity index is 1.60. The highest BCUT2D eigenvalue weighted by Crippen LogP contribution is 2.31. The van der Waals surface area contributed by atoms with Crippen LogP contribution >= 0.6 is 11.3 Å². The number of methoxy groups -OCH3 is 1. The number of hydrogen-bond donors (Lipinski definition) is 0. The third kappa shape index (κ3) is 3.16. The number of hydrogen-bond acceptors (Lipinski definition) is 4. The molecule has 0 radical (unpaired) electrons. The summed E-state index contributed by atoms with van der Waals surface area (Å²) >= 11 is 1.71. The molecule has 0 spiro atoms. The highest BCUT2D eigenvalue weighted by Gasteiger charge is 2.25. The van der Waals surface area contributed by atoms with Crippen molar-refractivity contribution in [2.45, 2.75) is 38.8 Å². The van der Waals surface area contributed by atoms with Crippen molar-refractivity contribution in [2.75, 3.05) is 13.7 Å². The molecule has 1 aliphatic rings. The molecular formula is C21H24N2OS. The van der Waals surface area contributed by atoms with Crippen LogP contribution in [0.1, 0.15) is 36.6 Å². The van der Waals surface area contributed by atoms with Crippen LogP contribution in [0.5, 0.6) is 5.75 Å². The molecule has 0 saturated carbocycles. The van der Waals surface area contributed by atoms with Crippen molar-refractivity contribution in [3.63, 3.8) is 0 Å². The maximum absolute atomic E-state index is 5.41. The van der Waals surface area contributed by atoms with Gasteiger partial charge in [-0.3, -0.25) is 4.90 Å². The second-order valence-electron chi connectivity index (χ2n) is 6.93. The number of nitrogens with zero attached hydrogens (tertiary/aromatic N) is 2. The number of benzene rings is 2. The van der Waals surface area contributed by atoms with E-state index in [1.807, 2.05) is 5.51 Å². The molecule has 1 aromatic heterocycles. The van der Waals surface area contributed by atoms with E-state index in [1.165, 1.54) is 21.4 Å². The van der Waals surface area contributed by atoms with Crippen molar-refractivity contribution < 1.29 is 4.74 Å². The van der Waals surface area contributed by atoms with Crippen LogP contribution in [-0.4, -0.2) is 29.6 Å². The molecule has 0 bridgehead atoms. The van der Waals surface area contributed by atoms with Crippen molar-refractivity contribution in [2.24, 2.45) is 0 Å². The summed E-state index contributed by atoms with van der Waals surface area (Å²) in [6, 6.07) is 14.1. The highest BCUT2D eigenvalue weighted by atomic mass is 32.1. The van der Waals surface area contributed by atoms with Gasteiger partial charge in [-0.15, -0.1) is 11.3 Å².